The van der Waals surface area contributed by atoms with E-state index in [1.54, 1.807) is 0 Å². The normalized spacial score (nSPS) is 8.81. The van der Waals surface area contributed by atoms with E-state index >= 15 is 0 Å². The molecular weight excluding hydrogens is 488 g/mol. The smallest absolute Gasteiger partial charge is 0 e. The summed E-state index contributed by atoms with van der Waals surface area (Å²) in [5.41, 5.74) is -2.74. The van der Waals surface area contributed by atoms with Crippen LogP contribution in [0.2, 0.25) is 0 Å². The molecule has 0 fully saturated rings. The Morgan fingerprint density at radius 1 is 0.938 bits per heavy atom. The molecule has 10 heteroatoms. The second kappa shape index (κ2) is 11.5. The minimum atomic E-state index is -2.74. The zero-order valence-corrected chi connectivity index (χ0v) is 13.2. The molecule has 0 aromatic heterocycles. The maximum Gasteiger partial charge on any atom is 0 e. The van der Waals surface area contributed by atoms with E-state index in [1.165, 1.54) is 0 Å². The Kier molecular flexibility index (Phi) is 18.8. The van der Waals surface area contributed by atoms with Crippen LogP contribution in [-0.4, -0.2) is 117 Å². The number of aliphatic hydroxyl groups is 1. The molecule has 0 aliphatic heterocycles. The molecule has 2 radical (unpaired) electrons. The number of carboxylic acids is 3. The van der Waals surface area contributed by atoms with Gasteiger partial charge >= 0.3 is 90.7 Å². The third kappa shape index (κ3) is 10.6. The molecule has 0 aromatic rings. The Balaban J connectivity index is -0.000000240. The van der Waals surface area contributed by atoms with Crippen LogP contribution in [0, 0.1) is 0 Å². The predicted molar refractivity (Wildman–Crippen MR) is 54.2 cm³/mol. The van der Waals surface area contributed by atoms with Crippen LogP contribution in [0.3, 0.4) is 0 Å². The van der Waals surface area contributed by atoms with Gasteiger partial charge in [-0.25, -0.2) is 4.79 Å². The summed E-state index contributed by atoms with van der Waals surface area (Å²) >= 11 is 0. The van der Waals surface area contributed by atoms with E-state index < -0.39 is 36.4 Å². The van der Waals surface area contributed by atoms with Crippen molar-refractivity contribution in [3.8, 4) is 0 Å². The Morgan fingerprint density at radius 3 is 1.31 bits per heavy atom. The van der Waals surface area contributed by atoms with Crippen molar-refractivity contribution < 1.29 is 56.5 Å². The first-order chi connectivity index (χ1) is 5.78. The fourth-order valence-corrected chi connectivity index (χ4v) is 0.714. The molecule has 0 saturated carbocycles. The number of hydrogen-bond acceptors (Lipinski definition) is 4. The standard InChI is InChI=1S/C6H8O7.Ba.Sn.Ti.4H/c7-3(8)1-6(13,5(11)12)2-4(9)10;;;;;;;/h13H,1-2H2,(H,7,8)(H,9,10)(H,11,12);;;;;;;. The van der Waals surface area contributed by atoms with Crippen LogP contribution in [0.4, 0.5) is 0 Å². The van der Waals surface area contributed by atoms with Crippen LogP contribution in [0.5, 0.6) is 0 Å². The van der Waals surface area contributed by atoms with E-state index in [1.807, 2.05) is 0 Å². The van der Waals surface area contributed by atoms with Crippen molar-refractivity contribution in [2.24, 2.45) is 0 Å². The van der Waals surface area contributed by atoms with Crippen molar-refractivity contribution in [3.63, 3.8) is 0 Å². The first-order valence-corrected chi connectivity index (χ1v) is 3.17. The van der Waals surface area contributed by atoms with Crippen LogP contribution in [0.25, 0.3) is 0 Å². The maximum atomic E-state index is 10.3. The number of rotatable bonds is 5. The molecule has 88 valence electrons. The van der Waals surface area contributed by atoms with E-state index in [0.717, 1.165) is 0 Å². The van der Waals surface area contributed by atoms with Gasteiger partial charge in [0.05, 0.1) is 12.8 Å². The molecule has 0 spiro atoms. The van der Waals surface area contributed by atoms with Crippen molar-refractivity contribution in [1.82, 2.24) is 0 Å². The first-order valence-electron chi connectivity index (χ1n) is 3.17. The zero-order chi connectivity index (χ0) is 10.6. The van der Waals surface area contributed by atoms with E-state index in [0.29, 0.717) is 0 Å². The summed E-state index contributed by atoms with van der Waals surface area (Å²) in [6.45, 7) is 0. The summed E-state index contributed by atoms with van der Waals surface area (Å²) < 4.78 is 0. The van der Waals surface area contributed by atoms with Crippen molar-refractivity contribution in [3.05, 3.63) is 0 Å². The molecule has 0 bridgehead atoms. The average Bonchev–Trinajstić information content (AvgIpc) is 1.82. The van der Waals surface area contributed by atoms with Crippen LogP contribution in [0.1, 0.15) is 12.8 Å². The first kappa shape index (κ1) is 26.1. The quantitative estimate of drug-likeness (QED) is 0.295. The van der Waals surface area contributed by atoms with Gasteiger partial charge in [0.25, 0.3) is 0 Å². The minimum absolute atomic E-state index is 0. The molecule has 0 amide bonds. The summed E-state index contributed by atoms with van der Waals surface area (Å²) in [5.74, 6) is -5.02. The molecule has 0 rings (SSSR count). The van der Waals surface area contributed by atoms with E-state index in [2.05, 4.69) is 0 Å². The summed E-state index contributed by atoms with van der Waals surface area (Å²) in [6, 6.07) is 0. The Labute approximate surface area is 163 Å². The molecule has 0 saturated heterocycles. The molecule has 7 nitrogen and oxygen atoms in total. The minimum Gasteiger partial charge on any atom is 0 e. The van der Waals surface area contributed by atoms with Gasteiger partial charge in [-0.15, -0.1) is 0 Å². The Bertz CT molecular complexity index is 243. The molecular formula is C6H12BaO7SnTi. The molecule has 0 unspecified atom stereocenters. The SMILES string of the molecule is O=C(O)CC(O)(CC(=O)O)C(=O)O.[BaH2].[SnH2].[Ti]. The van der Waals surface area contributed by atoms with Gasteiger partial charge in [-0.2, -0.15) is 0 Å². The number of carbonyl (C=O) groups is 3. The number of carboxylic acid groups (broad SMARTS) is 3. The van der Waals surface area contributed by atoms with Crippen LogP contribution in [0.15, 0.2) is 0 Å². The van der Waals surface area contributed by atoms with Crippen molar-refractivity contribution in [2.75, 3.05) is 0 Å². The molecule has 0 aliphatic rings. The van der Waals surface area contributed by atoms with Gasteiger partial charge in [0.1, 0.15) is 0 Å². The van der Waals surface area contributed by atoms with Gasteiger partial charge < -0.3 is 20.4 Å². The summed E-state index contributed by atoms with van der Waals surface area (Å²) in [4.78, 5) is 30.5. The second-order valence-electron chi connectivity index (χ2n) is 2.48. The monoisotopic (exact) mass is 502 g/mol. The molecule has 0 atom stereocenters. The van der Waals surface area contributed by atoms with Crippen molar-refractivity contribution in [2.45, 2.75) is 18.4 Å². The fraction of sp³-hybridized carbons (Fsp3) is 0.500. The van der Waals surface area contributed by atoms with Gasteiger partial charge in [-0.1, -0.05) is 0 Å². The van der Waals surface area contributed by atoms with Crippen LogP contribution in [-0.2, 0) is 36.1 Å². The fourth-order valence-electron chi connectivity index (χ4n) is 0.714. The van der Waals surface area contributed by atoms with E-state index in [-0.39, 0.29) is 94.5 Å². The van der Waals surface area contributed by atoms with Crippen LogP contribution >= 0.6 is 0 Å². The van der Waals surface area contributed by atoms with Crippen molar-refractivity contribution >= 4 is 90.7 Å². The summed E-state index contributed by atoms with van der Waals surface area (Å²) in [5, 5.41) is 33.8. The summed E-state index contributed by atoms with van der Waals surface area (Å²) in [6.07, 6.45) is -2.29. The van der Waals surface area contributed by atoms with E-state index in [9.17, 15) is 14.4 Å². The zero-order valence-electron chi connectivity index (χ0n) is 7.63. The topological polar surface area (TPSA) is 132 Å². The maximum absolute atomic E-state index is 10.3. The molecule has 0 aliphatic carbocycles. The van der Waals surface area contributed by atoms with Gasteiger partial charge in [-0.3, -0.25) is 9.59 Å². The Morgan fingerprint density at radius 2 is 1.19 bits per heavy atom. The molecule has 16 heavy (non-hydrogen) atoms. The third-order valence-corrected chi connectivity index (χ3v) is 1.29. The van der Waals surface area contributed by atoms with Crippen LogP contribution < -0.4 is 0 Å². The van der Waals surface area contributed by atoms with Gasteiger partial charge in [0.15, 0.2) is 5.60 Å². The number of hydrogen-bond donors (Lipinski definition) is 4. The predicted octanol–water partition coefficient (Wildman–Crippen LogP) is -3.08. The molecule has 0 heterocycles. The van der Waals surface area contributed by atoms with Gasteiger partial charge in [0, 0.05) is 21.7 Å². The number of aliphatic carboxylic acids is 3. The Hall–Kier alpha value is 1.45. The molecule has 0 aromatic carbocycles. The van der Waals surface area contributed by atoms with Crippen molar-refractivity contribution in [1.29, 1.82) is 0 Å². The summed E-state index contributed by atoms with van der Waals surface area (Å²) in [7, 11) is 0. The third-order valence-electron chi connectivity index (χ3n) is 1.29. The molecule has 4 N–H and O–H groups in total. The van der Waals surface area contributed by atoms with Gasteiger partial charge in [0.2, 0.25) is 0 Å². The average molecular weight is 500 g/mol. The van der Waals surface area contributed by atoms with E-state index in [4.69, 9.17) is 20.4 Å². The largest absolute Gasteiger partial charge is 0 e. The second-order valence-corrected chi connectivity index (χ2v) is 2.48. The van der Waals surface area contributed by atoms with Gasteiger partial charge in [-0.05, 0) is 0 Å².